The number of benzene rings is 1. The van der Waals surface area contributed by atoms with Crippen LogP contribution in [0.5, 0.6) is 0 Å². The van der Waals surface area contributed by atoms with E-state index in [2.05, 4.69) is 16.9 Å². The second-order valence-electron chi connectivity index (χ2n) is 3.99. The number of thiazole rings is 1. The summed E-state index contributed by atoms with van der Waals surface area (Å²) in [5, 5.41) is 2.12. The van der Waals surface area contributed by atoms with Gasteiger partial charge in [-0.1, -0.05) is 6.92 Å². The van der Waals surface area contributed by atoms with Gasteiger partial charge in [0.05, 0.1) is 21.4 Å². The molecule has 0 aliphatic rings. The highest BCUT2D eigenvalue weighted by Crippen LogP contribution is 2.29. The van der Waals surface area contributed by atoms with E-state index in [1.807, 2.05) is 0 Å². The number of rotatable bonds is 2. The summed E-state index contributed by atoms with van der Waals surface area (Å²) < 4.78 is 14.2. The molecule has 2 aromatic heterocycles. The van der Waals surface area contributed by atoms with Gasteiger partial charge in [-0.15, -0.1) is 11.3 Å². The Morgan fingerprint density at radius 2 is 2.18 bits per heavy atom. The lowest BCUT2D eigenvalue weighted by atomic mass is 10.2. The molecule has 0 N–H and O–H groups in total. The Morgan fingerprint density at radius 1 is 1.29 bits per heavy atom. The molecule has 0 unspecified atom stereocenters. The molecule has 3 rings (SSSR count). The number of nitrogens with zero attached hydrogens (tertiary/aromatic N) is 2. The first-order chi connectivity index (χ1) is 8.28. The summed E-state index contributed by atoms with van der Waals surface area (Å²) in [6, 6.07) is 4.73. The zero-order valence-electron chi connectivity index (χ0n) is 9.40. The van der Waals surface area contributed by atoms with Crippen LogP contribution in [0.1, 0.15) is 18.4 Å². The van der Waals surface area contributed by atoms with Crippen LogP contribution in [0.2, 0.25) is 0 Å². The van der Waals surface area contributed by atoms with Crippen molar-refractivity contribution in [1.82, 2.24) is 9.97 Å². The summed E-state index contributed by atoms with van der Waals surface area (Å²) in [6.07, 6.45) is 3.80. The summed E-state index contributed by atoms with van der Waals surface area (Å²) in [6.45, 7) is 2.14. The van der Waals surface area contributed by atoms with E-state index in [1.54, 1.807) is 23.6 Å². The first-order valence-corrected chi connectivity index (χ1v) is 6.43. The van der Waals surface area contributed by atoms with E-state index in [9.17, 15) is 4.39 Å². The standard InChI is InChI=1S/C13H11FN2S/c1-2-3-12-16-11-7-15-10-6-8(14)4-5-9(10)13(11)17-12/h4-7H,2-3H2,1H3. The van der Waals surface area contributed by atoms with Crippen molar-refractivity contribution in [3.63, 3.8) is 0 Å². The molecular formula is C13H11FN2S. The molecule has 0 saturated carbocycles. The number of halogens is 1. The fraction of sp³-hybridized carbons (Fsp3) is 0.231. The third-order valence-electron chi connectivity index (χ3n) is 2.69. The van der Waals surface area contributed by atoms with Crippen LogP contribution < -0.4 is 0 Å². The molecule has 0 saturated heterocycles. The maximum absolute atomic E-state index is 13.1. The molecular weight excluding hydrogens is 235 g/mol. The second kappa shape index (κ2) is 4.04. The van der Waals surface area contributed by atoms with Crippen molar-refractivity contribution in [2.75, 3.05) is 0 Å². The molecule has 0 aliphatic heterocycles. The summed E-state index contributed by atoms with van der Waals surface area (Å²) >= 11 is 1.68. The molecule has 86 valence electrons. The molecule has 0 spiro atoms. The van der Waals surface area contributed by atoms with Gasteiger partial charge in [0.2, 0.25) is 0 Å². The van der Waals surface area contributed by atoms with E-state index in [0.29, 0.717) is 5.52 Å². The van der Waals surface area contributed by atoms with Crippen LogP contribution in [0.3, 0.4) is 0 Å². The highest BCUT2D eigenvalue weighted by Gasteiger charge is 2.08. The van der Waals surface area contributed by atoms with E-state index in [-0.39, 0.29) is 5.82 Å². The Hall–Kier alpha value is -1.55. The van der Waals surface area contributed by atoms with Crippen LogP contribution in [-0.2, 0) is 6.42 Å². The number of hydrogen-bond acceptors (Lipinski definition) is 3. The van der Waals surface area contributed by atoms with Gasteiger partial charge in [0.25, 0.3) is 0 Å². The van der Waals surface area contributed by atoms with E-state index < -0.39 is 0 Å². The number of pyridine rings is 1. The lowest BCUT2D eigenvalue weighted by molar-refractivity contribution is 0.629. The fourth-order valence-corrected chi connectivity index (χ4v) is 3.08. The van der Waals surface area contributed by atoms with Crippen LogP contribution >= 0.6 is 11.3 Å². The number of aromatic nitrogens is 2. The minimum absolute atomic E-state index is 0.248. The average Bonchev–Trinajstić information content (AvgIpc) is 2.72. The molecule has 0 amide bonds. The fourth-order valence-electron chi connectivity index (χ4n) is 1.91. The molecule has 0 atom stereocenters. The van der Waals surface area contributed by atoms with E-state index >= 15 is 0 Å². The Balaban J connectivity index is 2.31. The van der Waals surface area contributed by atoms with Crippen LogP contribution in [0, 0.1) is 5.82 Å². The van der Waals surface area contributed by atoms with Crippen molar-refractivity contribution >= 4 is 32.5 Å². The second-order valence-corrected chi connectivity index (χ2v) is 5.08. The van der Waals surface area contributed by atoms with Crippen molar-refractivity contribution < 1.29 is 4.39 Å². The van der Waals surface area contributed by atoms with Gasteiger partial charge < -0.3 is 0 Å². The quantitative estimate of drug-likeness (QED) is 0.684. The Bertz CT molecular complexity index is 690. The minimum atomic E-state index is -0.248. The van der Waals surface area contributed by atoms with Gasteiger partial charge in [-0.3, -0.25) is 4.98 Å². The van der Waals surface area contributed by atoms with E-state index in [0.717, 1.165) is 33.5 Å². The molecule has 0 bridgehead atoms. The zero-order chi connectivity index (χ0) is 11.8. The third kappa shape index (κ3) is 1.78. The molecule has 2 heterocycles. The molecule has 3 aromatic rings. The molecule has 0 fully saturated rings. The van der Waals surface area contributed by atoms with Crippen LogP contribution in [0.15, 0.2) is 24.4 Å². The summed E-state index contributed by atoms with van der Waals surface area (Å²) in [4.78, 5) is 8.79. The maximum Gasteiger partial charge on any atom is 0.125 e. The lowest BCUT2D eigenvalue weighted by Gasteiger charge is -1.97. The molecule has 0 radical (unpaired) electrons. The Labute approximate surface area is 102 Å². The first-order valence-electron chi connectivity index (χ1n) is 5.61. The molecule has 17 heavy (non-hydrogen) atoms. The van der Waals surface area contributed by atoms with Gasteiger partial charge in [0.1, 0.15) is 11.3 Å². The van der Waals surface area contributed by atoms with Crippen molar-refractivity contribution in [3.8, 4) is 0 Å². The molecule has 2 nitrogen and oxygen atoms in total. The largest absolute Gasteiger partial charge is 0.254 e. The van der Waals surface area contributed by atoms with Crippen LogP contribution in [0.4, 0.5) is 4.39 Å². The molecule has 0 aliphatic carbocycles. The molecule has 4 heteroatoms. The summed E-state index contributed by atoms with van der Waals surface area (Å²) in [7, 11) is 0. The number of aryl methyl sites for hydroxylation is 1. The van der Waals surface area contributed by atoms with Gasteiger partial charge >= 0.3 is 0 Å². The van der Waals surface area contributed by atoms with Gasteiger partial charge in [-0.25, -0.2) is 9.37 Å². The topological polar surface area (TPSA) is 25.8 Å². The Morgan fingerprint density at radius 3 is 3.00 bits per heavy atom. The van der Waals surface area contributed by atoms with E-state index in [4.69, 9.17) is 0 Å². The van der Waals surface area contributed by atoms with Crippen molar-refractivity contribution in [2.24, 2.45) is 0 Å². The van der Waals surface area contributed by atoms with Crippen molar-refractivity contribution in [3.05, 3.63) is 35.2 Å². The predicted molar refractivity (Wildman–Crippen MR) is 68.9 cm³/mol. The highest BCUT2D eigenvalue weighted by molar-refractivity contribution is 7.19. The van der Waals surface area contributed by atoms with Crippen molar-refractivity contribution in [1.29, 1.82) is 0 Å². The third-order valence-corrected chi connectivity index (χ3v) is 3.86. The van der Waals surface area contributed by atoms with Gasteiger partial charge in [-0.2, -0.15) is 0 Å². The van der Waals surface area contributed by atoms with Crippen molar-refractivity contribution in [2.45, 2.75) is 19.8 Å². The van der Waals surface area contributed by atoms with Crippen LogP contribution in [-0.4, -0.2) is 9.97 Å². The van der Waals surface area contributed by atoms with Gasteiger partial charge in [-0.05, 0) is 25.0 Å². The lowest BCUT2D eigenvalue weighted by Crippen LogP contribution is -1.82. The number of fused-ring (bicyclic) bond motifs is 3. The summed E-state index contributed by atoms with van der Waals surface area (Å²) in [5.74, 6) is -0.248. The monoisotopic (exact) mass is 246 g/mol. The minimum Gasteiger partial charge on any atom is -0.254 e. The Kier molecular flexibility index (Phi) is 2.52. The van der Waals surface area contributed by atoms with Gasteiger partial charge in [0.15, 0.2) is 0 Å². The zero-order valence-corrected chi connectivity index (χ0v) is 10.2. The average molecular weight is 246 g/mol. The number of hydrogen-bond donors (Lipinski definition) is 0. The predicted octanol–water partition coefficient (Wildman–Crippen LogP) is 3.94. The SMILES string of the molecule is CCCc1nc2cnc3cc(F)ccc3c2s1. The summed E-state index contributed by atoms with van der Waals surface area (Å²) in [5.41, 5.74) is 1.61. The van der Waals surface area contributed by atoms with Gasteiger partial charge in [0, 0.05) is 11.5 Å². The normalized spacial score (nSPS) is 11.4. The highest BCUT2D eigenvalue weighted by atomic mass is 32.1. The smallest absolute Gasteiger partial charge is 0.125 e. The molecule has 1 aromatic carbocycles. The maximum atomic E-state index is 13.1. The van der Waals surface area contributed by atoms with Crippen LogP contribution in [0.25, 0.3) is 21.1 Å². The van der Waals surface area contributed by atoms with E-state index in [1.165, 1.54) is 12.1 Å². The first kappa shape index (κ1) is 10.6.